The van der Waals surface area contributed by atoms with Crippen LogP contribution in [0, 0.1) is 11.3 Å². The van der Waals surface area contributed by atoms with Gasteiger partial charge < -0.3 is 0 Å². The lowest BCUT2D eigenvalue weighted by Crippen LogP contribution is -1.98. The summed E-state index contributed by atoms with van der Waals surface area (Å²) in [5.41, 5.74) is 4.13. The maximum atomic E-state index is 9.00. The summed E-state index contributed by atoms with van der Waals surface area (Å²) in [6.45, 7) is 0. The maximum absolute atomic E-state index is 9.00. The maximum Gasteiger partial charge on any atom is 0.0910 e. The number of halogens is 2. The summed E-state index contributed by atoms with van der Waals surface area (Å²) in [6, 6.07) is 5.93. The number of benzene rings is 1. The third-order valence-corrected chi connectivity index (χ3v) is 4.24. The van der Waals surface area contributed by atoms with Crippen molar-refractivity contribution in [3.63, 3.8) is 0 Å². The SMILES string of the molecule is N#CCc1c2c(nc3c(Cl)c(Cl)ccc13)CCC2. The summed E-state index contributed by atoms with van der Waals surface area (Å²) in [7, 11) is 0. The molecule has 2 aromatic rings. The zero-order chi connectivity index (χ0) is 12.7. The highest BCUT2D eigenvalue weighted by Crippen LogP contribution is 2.36. The summed E-state index contributed by atoms with van der Waals surface area (Å²) < 4.78 is 0. The first-order valence-corrected chi connectivity index (χ1v) is 6.63. The zero-order valence-corrected chi connectivity index (χ0v) is 11.1. The minimum Gasteiger partial charge on any atom is -0.251 e. The lowest BCUT2D eigenvalue weighted by atomic mass is 9.99. The van der Waals surface area contributed by atoms with E-state index < -0.39 is 0 Å². The third-order valence-electron chi connectivity index (χ3n) is 3.45. The lowest BCUT2D eigenvalue weighted by Gasteiger charge is -2.11. The number of hydrogen-bond acceptors (Lipinski definition) is 2. The first-order chi connectivity index (χ1) is 8.72. The van der Waals surface area contributed by atoms with E-state index in [1.54, 1.807) is 6.07 Å². The monoisotopic (exact) mass is 276 g/mol. The standard InChI is InChI=1S/C14H10Cl2N2/c15-11-5-4-10-8(6-7-17)9-2-1-3-12(9)18-14(10)13(11)16/h4-5H,1-3,6H2. The fourth-order valence-corrected chi connectivity index (χ4v) is 3.01. The summed E-state index contributed by atoms with van der Waals surface area (Å²) >= 11 is 12.3. The molecular formula is C14H10Cl2N2. The number of aryl methyl sites for hydroxylation is 1. The second-order valence-corrected chi connectivity index (χ2v) is 5.25. The van der Waals surface area contributed by atoms with Crippen LogP contribution in [0.2, 0.25) is 10.0 Å². The zero-order valence-electron chi connectivity index (χ0n) is 9.63. The molecule has 3 rings (SSSR count). The van der Waals surface area contributed by atoms with Gasteiger partial charge in [0.2, 0.25) is 0 Å². The van der Waals surface area contributed by atoms with Gasteiger partial charge in [-0.15, -0.1) is 0 Å². The van der Waals surface area contributed by atoms with Crippen LogP contribution in [0.1, 0.15) is 23.2 Å². The Morgan fingerprint density at radius 2 is 2.11 bits per heavy atom. The van der Waals surface area contributed by atoms with E-state index in [1.165, 1.54) is 5.56 Å². The van der Waals surface area contributed by atoms with E-state index >= 15 is 0 Å². The Morgan fingerprint density at radius 1 is 1.28 bits per heavy atom. The van der Waals surface area contributed by atoms with Crippen molar-refractivity contribution in [2.24, 2.45) is 0 Å². The molecule has 90 valence electrons. The predicted octanol–water partition coefficient (Wildman–Crippen LogP) is 4.10. The van der Waals surface area contributed by atoms with Gasteiger partial charge in [-0.25, -0.2) is 0 Å². The predicted molar refractivity (Wildman–Crippen MR) is 73.1 cm³/mol. The number of rotatable bonds is 1. The van der Waals surface area contributed by atoms with Crippen LogP contribution in [0.25, 0.3) is 10.9 Å². The van der Waals surface area contributed by atoms with Crippen molar-refractivity contribution in [3.8, 4) is 6.07 Å². The summed E-state index contributed by atoms with van der Waals surface area (Å²) in [4.78, 5) is 4.63. The highest BCUT2D eigenvalue weighted by Gasteiger charge is 2.20. The Morgan fingerprint density at radius 3 is 2.89 bits per heavy atom. The largest absolute Gasteiger partial charge is 0.251 e. The van der Waals surface area contributed by atoms with Crippen molar-refractivity contribution in [1.82, 2.24) is 4.98 Å². The van der Waals surface area contributed by atoms with Crippen LogP contribution in [0.3, 0.4) is 0 Å². The molecule has 0 spiro atoms. The second-order valence-electron chi connectivity index (χ2n) is 4.46. The van der Waals surface area contributed by atoms with Gasteiger partial charge in [-0.1, -0.05) is 29.3 Å². The van der Waals surface area contributed by atoms with E-state index in [-0.39, 0.29) is 0 Å². The normalized spacial score (nSPS) is 13.6. The Bertz CT molecular complexity index is 686. The van der Waals surface area contributed by atoms with Gasteiger partial charge in [-0.2, -0.15) is 5.26 Å². The van der Waals surface area contributed by atoms with Gasteiger partial charge in [0.25, 0.3) is 0 Å². The molecule has 1 heterocycles. The highest BCUT2D eigenvalue weighted by atomic mass is 35.5. The molecule has 1 aliphatic carbocycles. The lowest BCUT2D eigenvalue weighted by molar-refractivity contribution is 0.899. The molecule has 0 N–H and O–H groups in total. The van der Waals surface area contributed by atoms with E-state index in [0.717, 1.165) is 41.4 Å². The molecule has 2 nitrogen and oxygen atoms in total. The summed E-state index contributed by atoms with van der Waals surface area (Å²) in [5.74, 6) is 0. The fourth-order valence-electron chi connectivity index (χ4n) is 2.65. The molecule has 0 atom stereocenters. The van der Waals surface area contributed by atoms with Crippen LogP contribution >= 0.6 is 23.2 Å². The molecule has 1 aromatic heterocycles. The summed E-state index contributed by atoms with van der Waals surface area (Å²) in [6.07, 6.45) is 3.48. The quantitative estimate of drug-likeness (QED) is 0.787. The van der Waals surface area contributed by atoms with Gasteiger partial charge >= 0.3 is 0 Å². The van der Waals surface area contributed by atoms with Crippen molar-refractivity contribution >= 4 is 34.1 Å². The Balaban J connectivity index is 2.42. The minimum absolute atomic E-state index is 0.402. The topological polar surface area (TPSA) is 36.7 Å². The minimum atomic E-state index is 0.402. The molecular weight excluding hydrogens is 267 g/mol. The molecule has 4 heteroatoms. The van der Waals surface area contributed by atoms with Crippen LogP contribution in [-0.4, -0.2) is 4.98 Å². The number of hydrogen-bond donors (Lipinski definition) is 0. The van der Waals surface area contributed by atoms with Crippen molar-refractivity contribution in [3.05, 3.63) is 39.0 Å². The van der Waals surface area contributed by atoms with E-state index in [2.05, 4.69) is 11.1 Å². The molecule has 0 amide bonds. The van der Waals surface area contributed by atoms with Gasteiger partial charge in [0.05, 0.1) is 28.1 Å². The number of nitrogens with zero attached hydrogens (tertiary/aromatic N) is 2. The van der Waals surface area contributed by atoms with Crippen molar-refractivity contribution in [1.29, 1.82) is 5.26 Å². The number of nitriles is 1. The van der Waals surface area contributed by atoms with Gasteiger partial charge in [0.15, 0.2) is 0 Å². The van der Waals surface area contributed by atoms with E-state index in [9.17, 15) is 0 Å². The van der Waals surface area contributed by atoms with E-state index in [0.29, 0.717) is 16.5 Å². The molecule has 0 saturated carbocycles. The Kier molecular flexibility index (Phi) is 2.89. The van der Waals surface area contributed by atoms with E-state index in [4.69, 9.17) is 28.5 Å². The van der Waals surface area contributed by atoms with Gasteiger partial charge in [0.1, 0.15) is 0 Å². The van der Waals surface area contributed by atoms with Crippen molar-refractivity contribution in [2.45, 2.75) is 25.7 Å². The van der Waals surface area contributed by atoms with Crippen LogP contribution < -0.4 is 0 Å². The molecule has 1 aliphatic rings. The van der Waals surface area contributed by atoms with E-state index in [1.807, 2.05) is 6.07 Å². The fraction of sp³-hybridized carbons (Fsp3) is 0.286. The number of pyridine rings is 1. The first-order valence-electron chi connectivity index (χ1n) is 5.87. The van der Waals surface area contributed by atoms with Gasteiger partial charge in [0, 0.05) is 11.1 Å². The highest BCUT2D eigenvalue weighted by molar-refractivity contribution is 6.45. The number of fused-ring (bicyclic) bond motifs is 2. The second kappa shape index (κ2) is 4.42. The molecule has 0 bridgehead atoms. The smallest absolute Gasteiger partial charge is 0.0910 e. The summed E-state index contributed by atoms with van der Waals surface area (Å²) in [5, 5.41) is 11.0. The molecule has 18 heavy (non-hydrogen) atoms. The van der Waals surface area contributed by atoms with Crippen LogP contribution in [0.15, 0.2) is 12.1 Å². The average molecular weight is 277 g/mol. The van der Waals surface area contributed by atoms with Crippen LogP contribution in [0.4, 0.5) is 0 Å². The molecule has 1 aromatic carbocycles. The van der Waals surface area contributed by atoms with Crippen LogP contribution in [0.5, 0.6) is 0 Å². The number of aromatic nitrogens is 1. The molecule has 0 radical (unpaired) electrons. The molecule has 0 aliphatic heterocycles. The van der Waals surface area contributed by atoms with Gasteiger partial charge in [-0.3, -0.25) is 4.98 Å². The Hall–Kier alpha value is -1.30. The molecule has 0 unspecified atom stereocenters. The van der Waals surface area contributed by atoms with Crippen molar-refractivity contribution < 1.29 is 0 Å². The Labute approximate surface area is 115 Å². The van der Waals surface area contributed by atoms with Crippen molar-refractivity contribution in [2.75, 3.05) is 0 Å². The van der Waals surface area contributed by atoms with Gasteiger partial charge in [-0.05, 0) is 36.5 Å². The molecule has 0 saturated heterocycles. The van der Waals surface area contributed by atoms with Crippen LogP contribution in [-0.2, 0) is 19.3 Å². The average Bonchev–Trinajstić information content (AvgIpc) is 2.82. The third kappa shape index (κ3) is 1.67. The first kappa shape index (κ1) is 11.8. The molecule has 0 fully saturated rings.